The third-order valence-corrected chi connectivity index (χ3v) is 4.57. The molecular weight excluding hydrogens is 312 g/mol. The van der Waals surface area contributed by atoms with Crippen LogP contribution in [-0.4, -0.2) is 44.0 Å². The molecule has 1 aromatic carbocycles. The molecule has 5 heteroatoms. The van der Waals surface area contributed by atoms with Gasteiger partial charge in [-0.3, -0.25) is 9.88 Å². The molecule has 1 saturated carbocycles. The van der Waals surface area contributed by atoms with Crippen LogP contribution < -0.4 is 0 Å². The Morgan fingerprint density at radius 2 is 1.96 bits per heavy atom. The number of nitrogens with zero attached hydrogens (tertiary/aromatic N) is 4. The number of aliphatic hydroxyl groups is 1. The zero-order valence-electron chi connectivity index (χ0n) is 14.1. The summed E-state index contributed by atoms with van der Waals surface area (Å²) < 4.78 is 1.93. The molecule has 0 atom stereocenters. The molecule has 4 rings (SSSR count). The van der Waals surface area contributed by atoms with Crippen molar-refractivity contribution in [3.05, 3.63) is 66.6 Å². The highest BCUT2D eigenvalue weighted by molar-refractivity contribution is 5.62. The summed E-state index contributed by atoms with van der Waals surface area (Å²) in [6, 6.07) is 14.7. The lowest BCUT2D eigenvalue weighted by atomic mass is 10.1. The summed E-state index contributed by atoms with van der Waals surface area (Å²) in [6.45, 7) is 1.68. The fraction of sp³-hybridized carbons (Fsp3) is 0.300. The molecule has 128 valence electrons. The van der Waals surface area contributed by atoms with Gasteiger partial charge in [-0.15, -0.1) is 0 Å². The van der Waals surface area contributed by atoms with Gasteiger partial charge in [0.2, 0.25) is 0 Å². The predicted octanol–water partition coefficient (Wildman–Crippen LogP) is 2.89. The number of aromatic nitrogens is 3. The van der Waals surface area contributed by atoms with Gasteiger partial charge in [-0.05, 0) is 37.1 Å². The normalized spacial score (nSPS) is 14.2. The number of hydrogen-bond donors (Lipinski definition) is 1. The topological polar surface area (TPSA) is 54.2 Å². The number of hydrogen-bond acceptors (Lipinski definition) is 4. The van der Waals surface area contributed by atoms with Crippen molar-refractivity contribution in [2.45, 2.75) is 25.4 Å². The number of benzene rings is 1. The summed E-state index contributed by atoms with van der Waals surface area (Å²) in [5.41, 5.74) is 4.18. The van der Waals surface area contributed by atoms with Gasteiger partial charge in [0.1, 0.15) is 0 Å². The fourth-order valence-corrected chi connectivity index (χ4v) is 3.16. The molecule has 2 heterocycles. The number of aliphatic hydroxyl groups excluding tert-OH is 1. The van der Waals surface area contributed by atoms with Crippen LogP contribution in [0.25, 0.3) is 16.9 Å². The molecule has 0 amide bonds. The SMILES string of the molecule is OCCN(Cc1cn(-c2ccccc2)nc1-c1cccnc1)C1CC1. The molecule has 25 heavy (non-hydrogen) atoms. The van der Waals surface area contributed by atoms with Crippen LogP contribution in [0, 0.1) is 0 Å². The average molecular weight is 334 g/mol. The van der Waals surface area contributed by atoms with Crippen molar-refractivity contribution < 1.29 is 5.11 Å². The maximum atomic E-state index is 9.39. The standard InChI is InChI=1S/C20H22N4O/c25-12-11-23(18-8-9-18)14-17-15-24(19-6-2-1-3-7-19)22-20(17)16-5-4-10-21-13-16/h1-7,10,13,15,18,25H,8-9,11-12,14H2. The fourth-order valence-electron chi connectivity index (χ4n) is 3.16. The van der Waals surface area contributed by atoms with Crippen LogP contribution in [0.4, 0.5) is 0 Å². The second-order valence-corrected chi connectivity index (χ2v) is 6.45. The van der Waals surface area contributed by atoms with Crippen LogP contribution in [0.1, 0.15) is 18.4 Å². The van der Waals surface area contributed by atoms with E-state index >= 15 is 0 Å². The Morgan fingerprint density at radius 1 is 1.12 bits per heavy atom. The van der Waals surface area contributed by atoms with E-state index in [1.54, 1.807) is 6.20 Å². The first-order valence-corrected chi connectivity index (χ1v) is 8.74. The van der Waals surface area contributed by atoms with Crippen LogP contribution in [-0.2, 0) is 6.54 Å². The molecule has 3 aromatic rings. The van der Waals surface area contributed by atoms with Crippen molar-refractivity contribution >= 4 is 0 Å². The van der Waals surface area contributed by atoms with Crippen molar-refractivity contribution in [1.29, 1.82) is 0 Å². The molecule has 0 radical (unpaired) electrons. The molecule has 5 nitrogen and oxygen atoms in total. The molecule has 0 saturated heterocycles. The van der Waals surface area contributed by atoms with Crippen LogP contribution in [0.5, 0.6) is 0 Å². The maximum Gasteiger partial charge on any atom is 0.0988 e. The maximum absolute atomic E-state index is 9.39. The third kappa shape index (κ3) is 3.62. The smallest absolute Gasteiger partial charge is 0.0988 e. The average Bonchev–Trinajstić information content (AvgIpc) is 3.43. The van der Waals surface area contributed by atoms with Crippen LogP contribution in [0.3, 0.4) is 0 Å². The first-order chi connectivity index (χ1) is 12.3. The lowest BCUT2D eigenvalue weighted by molar-refractivity contribution is 0.183. The molecule has 2 aromatic heterocycles. The Labute approximate surface area is 147 Å². The van der Waals surface area contributed by atoms with Gasteiger partial charge >= 0.3 is 0 Å². The van der Waals surface area contributed by atoms with E-state index in [0.717, 1.165) is 29.1 Å². The van der Waals surface area contributed by atoms with Crippen LogP contribution in [0.2, 0.25) is 0 Å². The molecule has 1 fully saturated rings. The lowest BCUT2D eigenvalue weighted by Crippen LogP contribution is -2.28. The number of para-hydroxylation sites is 1. The van der Waals surface area contributed by atoms with Gasteiger partial charge < -0.3 is 5.11 Å². The molecule has 1 aliphatic carbocycles. The monoisotopic (exact) mass is 334 g/mol. The molecular formula is C20H22N4O. The van der Waals surface area contributed by atoms with Crippen LogP contribution in [0.15, 0.2) is 61.1 Å². The molecule has 0 unspecified atom stereocenters. The van der Waals surface area contributed by atoms with Gasteiger partial charge in [0, 0.05) is 48.8 Å². The summed E-state index contributed by atoms with van der Waals surface area (Å²) >= 11 is 0. The second-order valence-electron chi connectivity index (χ2n) is 6.45. The Kier molecular flexibility index (Phi) is 4.59. The Hall–Kier alpha value is -2.50. The summed E-state index contributed by atoms with van der Waals surface area (Å²) in [6.07, 6.45) is 8.17. The van der Waals surface area contributed by atoms with E-state index in [2.05, 4.69) is 28.2 Å². The third-order valence-electron chi connectivity index (χ3n) is 4.57. The minimum atomic E-state index is 0.186. The Balaban J connectivity index is 1.71. The summed E-state index contributed by atoms with van der Waals surface area (Å²) in [5.74, 6) is 0. The van der Waals surface area contributed by atoms with Crippen molar-refractivity contribution in [3.8, 4) is 16.9 Å². The summed E-state index contributed by atoms with van der Waals surface area (Å²) in [5, 5.41) is 14.2. The minimum absolute atomic E-state index is 0.186. The molecule has 0 spiro atoms. The highest BCUT2D eigenvalue weighted by Crippen LogP contribution is 2.30. The Morgan fingerprint density at radius 3 is 2.64 bits per heavy atom. The van der Waals surface area contributed by atoms with Crippen molar-refractivity contribution in [2.75, 3.05) is 13.2 Å². The molecule has 0 aliphatic heterocycles. The molecule has 1 N–H and O–H groups in total. The molecule has 1 aliphatic rings. The zero-order chi connectivity index (χ0) is 17.1. The van der Waals surface area contributed by atoms with E-state index in [-0.39, 0.29) is 6.61 Å². The van der Waals surface area contributed by atoms with Gasteiger partial charge in [-0.1, -0.05) is 18.2 Å². The predicted molar refractivity (Wildman–Crippen MR) is 97.3 cm³/mol. The zero-order valence-corrected chi connectivity index (χ0v) is 14.1. The highest BCUT2D eigenvalue weighted by Gasteiger charge is 2.29. The van der Waals surface area contributed by atoms with Gasteiger partial charge in [0.25, 0.3) is 0 Å². The summed E-state index contributed by atoms with van der Waals surface area (Å²) in [4.78, 5) is 6.60. The van der Waals surface area contributed by atoms with E-state index in [4.69, 9.17) is 5.10 Å². The van der Waals surface area contributed by atoms with E-state index < -0.39 is 0 Å². The summed E-state index contributed by atoms with van der Waals surface area (Å²) in [7, 11) is 0. The van der Waals surface area contributed by atoms with Gasteiger partial charge in [-0.2, -0.15) is 5.10 Å². The van der Waals surface area contributed by atoms with Crippen molar-refractivity contribution in [3.63, 3.8) is 0 Å². The minimum Gasteiger partial charge on any atom is -0.395 e. The van der Waals surface area contributed by atoms with E-state index in [0.29, 0.717) is 12.6 Å². The van der Waals surface area contributed by atoms with Gasteiger partial charge in [0.15, 0.2) is 0 Å². The number of pyridine rings is 1. The largest absolute Gasteiger partial charge is 0.395 e. The quantitative estimate of drug-likeness (QED) is 0.722. The first-order valence-electron chi connectivity index (χ1n) is 8.74. The van der Waals surface area contributed by atoms with Gasteiger partial charge in [0.05, 0.1) is 18.0 Å². The van der Waals surface area contributed by atoms with E-state index in [1.807, 2.05) is 41.2 Å². The lowest BCUT2D eigenvalue weighted by Gasteiger charge is -2.20. The highest BCUT2D eigenvalue weighted by atomic mass is 16.3. The van der Waals surface area contributed by atoms with Crippen LogP contribution >= 0.6 is 0 Å². The number of rotatable bonds is 7. The second kappa shape index (κ2) is 7.17. The van der Waals surface area contributed by atoms with Crippen molar-refractivity contribution in [2.24, 2.45) is 0 Å². The van der Waals surface area contributed by atoms with E-state index in [1.165, 1.54) is 12.8 Å². The van der Waals surface area contributed by atoms with E-state index in [9.17, 15) is 5.11 Å². The van der Waals surface area contributed by atoms with Gasteiger partial charge in [-0.25, -0.2) is 4.68 Å². The first kappa shape index (κ1) is 16.0. The Bertz CT molecular complexity index is 812. The molecule has 0 bridgehead atoms. The van der Waals surface area contributed by atoms with Crippen molar-refractivity contribution in [1.82, 2.24) is 19.7 Å².